The van der Waals surface area contributed by atoms with Crippen LogP contribution < -0.4 is 28.6 Å². The lowest BCUT2D eigenvalue weighted by Crippen LogP contribution is -2.53. The third-order valence-corrected chi connectivity index (χ3v) is 10.2. The summed E-state index contributed by atoms with van der Waals surface area (Å²) in [7, 11) is 1.32. The first-order valence-corrected chi connectivity index (χ1v) is 17.2. The van der Waals surface area contributed by atoms with Crippen LogP contribution in [0.3, 0.4) is 0 Å². The Morgan fingerprint density at radius 2 is 1.49 bits per heavy atom. The quantitative estimate of drug-likeness (QED) is 0.245. The van der Waals surface area contributed by atoms with E-state index in [0.717, 1.165) is 42.0 Å². The summed E-state index contributed by atoms with van der Waals surface area (Å²) in [6.07, 6.45) is 5.48. The maximum Gasteiger partial charge on any atom is 0.265 e. The smallest absolute Gasteiger partial charge is 0.265 e. The highest BCUT2D eigenvalue weighted by molar-refractivity contribution is 7.92. The van der Waals surface area contributed by atoms with Crippen molar-refractivity contribution in [3.8, 4) is 23.0 Å². The van der Waals surface area contributed by atoms with Crippen LogP contribution >= 0.6 is 0 Å². The van der Waals surface area contributed by atoms with Crippen molar-refractivity contribution < 1.29 is 37.0 Å². The Hall–Kier alpha value is -4.45. The molecule has 0 unspecified atom stereocenters. The molecule has 2 amide bonds. The zero-order valence-electron chi connectivity index (χ0n) is 27.7. The van der Waals surface area contributed by atoms with Gasteiger partial charge in [0, 0.05) is 24.7 Å². The number of anilines is 1. The molecule has 0 saturated heterocycles. The zero-order chi connectivity index (χ0) is 34.0. The maximum absolute atomic E-state index is 14.5. The van der Waals surface area contributed by atoms with Crippen LogP contribution in [0.2, 0.25) is 0 Å². The highest BCUT2D eigenvalue weighted by Gasteiger charge is 2.35. The zero-order valence-corrected chi connectivity index (χ0v) is 28.5. The maximum atomic E-state index is 14.5. The molecule has 0 spiro atoms. The van der Waals surface area contributed by atoms with Crippen molar-refractivity contribution in [2.75, 3.05) is 45.8 Å². The highest BCUT2D eigenvalue weighted by Crippen LogP contribution is 2.37. The molecular weight excluding hydrogens is 622 g/mol. The molecule has 12 heteroatoms. The van der Waals surface area contributed by atoms with Crippen molar-refractivity contribution in [2.45, 2.75) is 62.4 Å². The Morgan fingerprint density at radius 3 is 2.13 bits per heavy atom. The summed E-state index contributed by atoms with van der Waals surface area (Å²) in [4.78, 5) is 29.2. The SMILES string of the molecule is COc1ccc(OC)c(N(CC(=O)N(CCc2ccccc2)[C@H](C)C(=O)NC2CCCCC2)S(=O)(=O)c2ccc(OC)c(OC)c2)c1. The van der Waals surface area contributed by atoms with E-state index in [4.69, 9.17) is 18.9 Å². The average Bonchev–Trinajstić information content (AvgIpc) is 3.10. The van der Waals surface area contributed by atoms with E-state index in [9.17, 15) is 18.0 Å². The topological polar surface area (TPSA) is 124 Å². The summed E-state index contributed by atoms with van der Waals surface area (Å²) in [6.45, 7) is 1.26. The molecule has 3 aromatic rings. The van der Waals surface area contributed by atoms with Gasteiger partial charge in [-0.3, -0.25) is 13.9 Å². The van der Waals surface area contributed by atoms with Crippen LogP contribution in [0.25, 0.3) is 0 Å². The number of hydrogen-bond donors (Lipinski definition) is 1. The van der Waals surface area contributed by atoms with E-state index in [0.29, 0.717) is 17.9 Å². The number of nitrogens with one attached hydrogen (secondary N) is 1. The number of sulfonamides is 1. The molecule has 0 aliphatic heterocycles. The minimum atomic E-state index is -4.42. The average molecular weight is 668 g/mol. The summed E-state index contributed by atoms with van der Waals surface area (Å²) in [5.41, 5.74) is 1.08. The predicted octanol–water partition coefficient (Wildman–Crippen LogP) is 4.83. The molecule has 254 valence electrons. The van der Waals surface area contributed by atoms with Gasteiger partial charge < -0.3 is 29.2 Å². The fourth-order valence-corrected chi connectivity index (χ4v) is 7.18. The van der Waals surface area contributed by atoms with Crippen molar-refractivity contribution in [2.24, 2.45) is 0 Å². The number of carbonyl (C=O) groups is 2. The van der Waals surface area contributed by atoms with Crippen molar-refractivity contribution in [1.29, 1.82) is 0 Å². The molecule has 1 atom stereocenters. The second kappa shape index (κ2) is 16.4. The van der Waals surface area contributed by atoms with Crippen molar-refractivity contribution in [3.05, 3.63) is 72.3 Å². The van der Waals surface area contributed by atoms with Crippen molar-refractivity contribution in [1.82, 2.24) is 10.2 Å². The Kier molecular flexibility index (Phi) is 12.4. The third kappa shape index (κ3) is 8.68. The molecule has 1 aliphatic rings. The van der Waals surface area contributed by atoms with Crippen LogP contribution in [0.5, 0.6) is 23.0 Å². The van der Waals surface area contributed by atoms with Gasteiger partial charge in [0.15, 0.2) is 11.5 Å². The van der Waals surface area contributed by atoms with E-state index < -0.39 is 28.5 Å². The summed E-state index contributed by atoms with van der Waals surface area (Å²) >= 11 is 0. The largest absolute Gasteiger partial charge is 0.497 e. The number of ether oxygens (including phenoxy) is 4. The fourth-order valence-electron chi connectivity index (χ4n) is 5.75. The summed E-state index contributed by atoms with van der Waals surface area (Å²) in [5, 5.41) is 3.12. The van der Waals surface area contributed by atoms with Crippen LogP contribution in [0.4, 0.5) is 5.69 Å². The molecule has 0 bridgehead atoms. The standard InChI is InChI=1S/C35H45N3O8S/c1-25(35(40)36-27-14-10-7-11-15-27)37(21-20-26-12-8-6-9-13-26)34(39)24-38(30-22-28(43-2)16-18-31(30)44-3)47(41,42)29-17-19-32(45-4)33(23-29)46-5/h6,8-9,12-13,16-19,22-23,25,27H,7,10-11,14-15,20-21,24H2,1-5H3,(H,36,40)/t25-/m1/s1. The van der Waals surface area contributed by atoms with Gasteiger partial charge in [0.2, 0.25) is 11.8 Å². The number of nitrogens with zero attached hydrogens (tertiary/aromatic N) is 2. The molecular formula is C35H45N3O8S. The number of rotatable bonds is 15. The Morgan fingerprint density at radius 1 is 0.830 bits per heavy atom. The second-order valence-electron chi connectivity index (χ2n) is 11.4. The van der Waals surface area contributed by atoms with E-state index in [1.807, 2.05) is 30.3 Å². The summed E-state index contributed by atoms with van der Waals surface area (Å²) in [5.74, 6) is 0.295. The molecule has 0 aromatic heterocycles. The van der Waals surface area contributed by atoms with Crippen LogP contribution in [0.1, 0.15) is 44.6 Å². The number of methoxy groups -OCH3 is 4. The number of hydrogen-bond acceptors (Lipinski definition) is 8. The molecule has 0 heterocycles. The first-order valence-electron chi connectivity index (χ1n) is 15.7. The summed E-state index contributed by atoms with van der Waals surface area (Å²) in [6, 6.07) is 17.7. The van der Waals surface area contributed by atoms with Crippen LogP contribution in [0.15, 0.2) is 71.6 Å². The van der Waals surface area contributed by atoms with Crippen LogP contribution in [-0.2, 0) is 26.0 Å². The molecule has 1 aliphatic carbocycles. The van der Waals surface area contributed by atoms with Gasteiger partial charge in [0.25, 0.3) is 10.0 Å². The molecule has 1 saturated carbocycles. The number of amides is 2. The predicted molar refractivity (Wildman–Crippen MR) is 180 cm³/mol. The van der Waals surface area contributed by atoms with Gasteiger partial charge in [0.05, 0.1) is 39.0 Å². The van der Waals surface area contributed by atoms with E-state index in [1.165, 1.54) is 57.6 Å². The lowest BCUT2D eigenvalue weighted by Gasteiger charge is -2.33. The Bertz CT molecular complexity index is 1610. The normalized spacial score (nSPS) is 14.1. The van der Waals surface area contributed by atoms with Gasteiger partial charge in [-0.05, 0) is 56.0 Å². The minimum Gasteiger partial charge on any atom is -0.497 e. The van der Waals surface area contributed by atoms with Gasteiger partial charge in [0.1, 0.15) is 24.1 Å². The highest BCUT2D eigenvalue weighted by atomic mass is 32.2. The summed E-state index contributed by atoms with van der Waals surface area (Å²) < 4.78 is 51.6. The molecule has 47 heavy (non-hydrogen) atoms. The van der Waals surface area contributed by atoms with E-state index >= 15 is 0 Å². The minimum absolute atomic E-state index is 0.0488. The number of benzene rings is 3. The van der Waals surface area contributed by atoms with E-state index in [1.54, 1.807) is 19.1 Å². The Labute approximate surface area is 277 Å². The first-order chi connectivity index (χ1) is 22.6. The third-order valence-electron chi connectivity index (χ3n) is 8.48. The van der Waals surface area contributed by atoms with Gasteiger partial charge in [-0.15, -0.1) is 0 Å². The van der Waals surface area contributed by atoms with Gasteiger partial charge in [-0.1, -0.05) is 49.6 Å². The lowest BCUT2D eigenvalue weighted by molar-refractivity contribution is -0.139. The van der Waals surface area contributed by atoms with Gasteiger partial charge in [-0.2, -0.15) is 0 Å². The molecule has 4 rings (SSSR count). The van der Waals surface area contributed by atoms with Crippen molar-refractivity contribution in [3.63, 3.8) is 0 Å². The van der Waals surface area contributed by atoms with Crippen molar-refractivity contribution >= 4 is 27.5 Å². The van der Waals surface area contributed by atoms with Crippen LogP contribution in [0, 0.1) is 0 Å². The number of carbonyl (C=O) groups excluding carboxylic acids is 2. The van der Waals surface area contributed by atoms with Crippen LogP contribution in [-0.4, -0.2) is 78.7 Å². The molecule has 3 aromatic carbocycles. The van der Waals surface area contributed by atoms with E-state index in [2.05, 4.69) is 5.32 Å². The Balaban J connectivity index is 1.75. The molecule has 1 fully saturated rings. The van der Waals surface area contributed by atoms with E-state index in [-0.39, 0.29) is 40.6 Å². The second-order valence-corrected chi connectivity index (χ2v) is 13.3. The monoisotopic (exact) mass is 667 g/mol. The fraction of sp³-hybridized carbons (Fsp3) is 0.429. The molecule has 1 N–H and O–H groups in total. The van der Waals surface area contributed by atoms with Gasteiger partial charge in [-0.25, -0.2) is 8.42 Å². The lowest BCUT2D eigenvalue weighted by atomic mass is 9.95. The molecule has 0 radical (unpaired) electrons. The first kappa shape index (κ1) is 35.4. The molecule has 11 nitrogen and oxygen atoms in total. The van der Waals surface area contributed by atoms with Gasteiger partial charge >= 0.3 is 0 Å².